The van der Waals surface area contributed by atoms with Crippen molar-refractivity contribution in [2.24, 2.45) is 5.92 Å². The molecule has 1 atom stereocenters. The fourth-order valence-corrected chi connectivity index (χ4v) is 4.53. The number of carbonyl (C=O) groups excluding carboxylic acids is 1. The maximum Gasteiger partial charge on any atom is 0.418 e. The number of hydrogen-bond donors (Lipinski definition) is 0. The molecule has 2 aromatic rings. The smallest absolute Gasteiger partial charge is 0.418 e. The molecule has 0 saturated carbocycles. The van der Waals surface area contributed by atoms with Gasteiger partial charge in [0.15, 0.2) is 0 Å². The maximum atomic E-state index is 13.9. The number of alkyl halides is 3. The molecule has 152 valence electrons. The predicted molar refractivity (Wildman–Crippen MR) is 100 cm³/mol. The third-order valence-corrected chi connectivity index (χ3v) is 6.22. The Balaban J connectivity index is 1.97. The second kappa shape index (κ2) is 8.46. The number of pyridine rings is 1. The SMILES string of the molecule is CC[C@H]1CCc2nc(SCc3ccc(C(=O)[O-])cc3)c(C#N)c(C(F)(F)F)c2C1. The van der Waals surface area contributed by atoms with Crippen LogP contribution in [-0.2, 0) is 24.8 Å². The van der Waals surface area contributed by atoms with Crippen LogP contribution in [0.2, 0.25) is 0 Å². The van der Waals surface area contributed by atoms with E-state index in [1.807, 2.05) is 6.92 Å². The van der Waals surface area contributed by atoms with E-state index in [4.69, 9.17) is 0 Å². The van der Waals surface area contributed by atoms with Crippen LogP contribution in [-0.4, -0.2) is 11.0 Å². The number of carbonyl (C=O) groups is 1. The average molecular weight is 419 g/mol. The number of aromatic carboxylic acids is 1. The quantitative estimate of drug-likeness (QED) is 0.681. The average Bonchev–Trinajstić information content (AvgIpc) is 2.70. The van der Waals surface area contributed by atoms with Crippen LogP contribution in [0.15, 0.2) is 29.3 Å². The molecule has 1 aromatic heterocycles. The molecule has 3 rings (SSSR count). The summed E-state index contributed by atoms with van der Waals surface area (Å²) in [7, 11) is 0. The topological polar surface area (TPSA) is 76.8 Å². The lowest BCUT2D eigenvalue weighted by atomic mass is 9.82. The van der Waals surface area contributed by atoms with E-state index in [-0.39, 0.29) is 34.2 Å². The van der Waals surface area contributed by atoms with E-state index in [9.17, 15) is 28.3 Å². The molecule has 0 amide bonds. The van der Waals surface area contributed by atoms with Gasteiger partial charge >= 0.3 is 6.18 Å². The first-order valence-corrected chi connectivity index (χ1v) is 10.2. The van der Waals surface area contributed by atoms with E-state index in [1.54, 1.807) is 18.2 Å². The number of aryl methyl sites for hydroxylation is 1. The van der Waals surface area contributed by atoms with E-state index in [2.05, 4.69) is 4.98 Å². The summed E-state index contributed by atoms with van der Waals surface area (Å²) < 4.78 is 41.6. The number of nitriles is 1. The second-order valence-corrected chi connectivity index (χ2v) is 7.96. The monoisotopic (exact) mass is 419 g/mol. The number of halogens is 3. The molecule has 1 aliphatic carbocycles. The molecule has 4 nitrogen and oxygen atoms in total. The normalized spacial score (nSPS) is 16.2. The molecular formula is C21H18F3N2O2S-. The van der Waals surface area contributed by atoms with Gasteiger partial charge in [-0.25, -0.2) is 4.98 Å². The summed E-state index contributed by atoms with van der Waals surface area (Å²) in [5, 5.41) is 20.4. The van der Waals surface area contributed by atoms with Gasteiger partial charge in [0.1, 0.15) is 11.1 Å². The first-order valence-electron chi connectivity index (χ1n) is 9.20. The van der Waals surface area contributed by atoms with E-state index in [0.29, 0.717) is 17.7 Å². The Bertz CT molecular complexity index is 966. The molecule has 0 spiro atoms. The largest absolute Gasteiger partial charge is 0.545 e. The highest BCUT2D eigenvalue weighted by Gasteiger charge is 2.40. The number of aromatic nitrogens is 1. The number of hydrogen-bond acceptors (Lipinski definition) is 5. The first kappa shape index (κ1) is 21.2. The molecule has 29 heavy (non-hydrogen) atoms. The van der Waals surface area contributed by atoms with E-state index in [0.717, 1.165) is 24.6 Å². The second-order valence-electron chi connectivity index (χ2n) is 6.99. The van der Waals surface area contributed by atoms with Crippen molar-refractivity contribution >= 4 is 17.7 Å². The molecule has 0 bridgehead atoms. The molecule has 1 aliphatic rings. The van der Waals surface area contributed by atoms with Gasteiger partial charge in [-0.1, -0.05) is 37.6 Å². The standard InChI is InChI=1S/C21H19F3N2O2S/c1-2-12-5-8-17-15(9-12)18(21(22,23)24)16(10-25)19(26-17)29-11-13-3-6-14(7-4-13)20(27)28/h3-4,6-7,12H,2,5,8-9,11H2,1H3,(H,27,28)/p-1/t12-/m0/s1. The summed E-state index contributed by atoms with van der Waals surface area (Å²) in [5.74, 6) is -0.868. The summed E-state index contributed by atoms with van der Waals surface area (Å²) in [5.41, 5.74) is 0.0455. The third kappa shape index (κ3) is 4.56. The summed E-state index contributed by atoms with van der Waals surface area (Å²) in [6.45, 7) is 1.96. The lowest BCUT2D eigenvalue weighted by molar-refractivity contribution is -0.255. The highest BCUT2D eigenvalue weighted by Crippen LogP contribution is 2.42. The molecule has 8 heteroatoms. The number of nitrogens with zero attached hydrogens (tertiary/aromatic N) is 2. The molecule has 0 unspecified atom stereocenters. The van der Waals surface area contributed by atoms with Crippen molar-refractivity contribution in [3.63, 3.8) is 0 Å². The fourth-order valence-electron chi connectivity index (χ4n) is 3.56. The molecule has 0 N–H and O–H groups in total. The number of rotatable bonds is 5. The van der Waals surface area contributed by atoms with Gasteiger partial charge in [-0.2, -0.15) is 18.4 Å². The Labute approximate surface area is 170 Å². The summed E-state index contributed by atoms with van der Waals surface area (Å²) in [6.07, 6.45) is -2.29. The van der Waals surface area contributed by atoms with Gasteiger partial charge in [0.25, 0.3) is 0 Å². The molecular weight excluding hydrogens is 401 g/mol. The van der Waals surface area contributed by atoms with Crippen molar-refractivity contribution in [3.05, 3.63) is 57.8 Å². The Kier molecular flexibility index (Phi) is 6.18. The van der Waals surface area contributed by atoms with Crippen LogP contribution in [0.1, 0.15) is 58.1 Å². The minimum Gasteiger partial charge on any atom is -0.545 e. The van der Waals surface area contributed by atoms with Crippen molar-refractivity contribution in [2.75, 3.05) is 0 Å². The molecule has 0 saturated heterocycles. The third-order valence-electron chi connectivity index (χ3n) is 5.17. The van der Waals surface area contributed by atoms with Gasteiger partial charge in [0.2, 0.25) is 0 Å². The minimum atomic E-state index is -4.63. The summed E-state index contributed by atoms with van der Waals surface area (Å²) in [6, 6.07) is 7.62. The lowest BCUT2D eigenvalue weighted by Crippen LogP contribution is -2.23. The summed E-state index contributed by atoms with van der Waals surface area (Å²) in [4.78, 5) is 15.2. The number of carboxylic acid groups (broad SMARTS) is 1. The zero-order valence-corrected chi connectivity index (χ0v) is 16.5. The van der Waals surface area contributed by atoms with Crippen LogP contribution in [0.25, 0.3) is 0 Å². The molecule has 0 fully saturated rings. The Morgan fingerprint density at radius 2 is 2.03 bits per heavy atom. The van der Waals surface area contributed by atoms with Crippen LogP contribution in [0, 0.1) is 17.2 Å². The van der Waals surface area contributed by atoms with Crippen molar-refractivity contribution < 1.29 is 23.1 Å². The zero-order chi connectivity index (χ0) is 21.2. The Morgan fingerprint density at radius 3 is 2.59 bits per heavy atom. The van der Waals surface area contributed by atoms with Crippen LogP contribution >= 0.6 is 11.8 Å². The number of carboxylic acids is 1. The van der Waals surface area contributed by atoms with Gasteiger partial charge in [-0.05, 0) is 41.9 Å². The van der Waals surface area contributed by atoms with Crippen molar-refractivity contribution in [1.82, 2.24) is 4.98 Å². The van der Waals surface area contributed by atoms with Crippen LogP contribution < -0.4 is 5.11 Å². The van der Waals surface area contributed by atoms with Gasteiger partial charge in [-0.15, -0.1) is 11.8 Å². The minimum absolute atomic E-state index is 0.0215. The van der Waals surface area contributed by atoms with Crippen LogP contribution in [0.3, 0.4) is 0 Å². The highest BCUT2D eigenvalue weighted by molar-refractivity contribution is 7.98. The first-order chi connectivity index (χ1) is 13.7. The number of thioether (sulfide) groups is 1. The van der Waals surface area contributed by atoms with E-state index >= 15 is 0 Å². The van der Waals surface area contributed by atoms with Crippen LogP contribution in [0.5, 0.6) is 0 Å². The zero-order valence-electron chi connectivity index (χ0n) is 15.7. The maximum absolute atomic E-state index is 13.9. The summed E-state index contributed by atoms with van der Waals surface area (Å²) >= 11 is 1.05. The van der Waals surface area contributed by atoms with Gasteiger partial charge in [0, 0.05) is 11.4 Å². The van der Waals surface area contributed by atoms with Crippen molar-refractivity contribution in [3.8, 4) is 6.07 Å². The fraction of sp³-hybridized carbons (Fsp3) is 0.381. The van der Waals surface area contributed by atoms with Gasteiger partial charge in [0.05, 0.1) is 17.1 Å². The Hall–Kier alpha value is -2.53. The van der Waals surface area contributed by atoms with Gasteiger partial charge < -0.3 is 9.90 Å². The van der Waals surface area contributed by atoms with E-state index < -0.39 is 23.3 Å². The predicted octanol–water partition coefficient (Wildman–Crippen LogP) is 4.14. The lowest BCUT2D eigenvalue weighted by Gasteiger charge is -2.27. The van der Waals surface area contributed by atoms with Crippen molar-refractivity contribution in [2.45, 2.75) is 49.6 Å². The highest BCUT2D eigenvalue weighted by atomic mass is 32.2. The molecule has 0 aliphatic heterocycles. The molecule has 1 heterocycles. The molecule has 1 aromatic carbocycles. The van der Waals surface area contributed by atoms with Gasteiger partial charge in [-0.3, -0.25) is 0 Å². The molecule has 0 radical (unpaired) electrons. The van der Waals surface area contributed by atoms with E-state index in [1.165, 1.54) is 12.1 Å². The number of fused-ring (bicyclic) bond motifs is 1. The van der Waals surface area contributed by atoms with Crippen molar-refractivity contribution in [1.29, 1.82) is 5.26 Å². The Morgan fingerprint density at radius 1 is 1.34 bits per heavy atom. The van der Waals surface area contributed by atoms with Crippen LogP contribution in [0.4, 0.5) is 13.2 Å². The number of benzene rings is 1.